The van der Waals surface area contributed by atoms with Gasteiger partial charge in [0.15, 0.2) is 0 Å². The van der Waals surface area contributed by atoms with E-state index in [4.69, 9.17) is 0 Å². The van der Waals surface area contributed by atoms with Crippen molar-refractivity contribution in [1.82, 2.24) is 15.5 Å². The van der Waals surface area contributed by atoms with Crippen LogP contribution in [0.3, 0.4) is 0 Å². The highest BCUT2D eigenvalue weighted by atomic mass is 16.2. The Morgan fingerprint density at radius 1 is 1.23 bits per heavy atom. The molecule has 22 heavy (non-hydrogen) atoms. The van der Waals surface area contributed by atoms with Crippen molar-refractivity contribution in [3.8, 4) is 0 Å². The van der Waals surface area contributed by atoms with Crippen LogP contribution in [-0.2, 0) is 9.59 Å². The van der Waals surface area contributed by atoms with Gasteiger partial charge in [0.1, 0.15) is 6.04 Å². The number of nitrogens with zero attached hydrogens (tertiary/aromatic N) is 1. The van der Waals surface area contributed by atoms with E-state index in [2.05, 4.69) is 10.6 Å². The Labute approximate surface area is 128 Å². The molecule has 6 heteroatoms. The molecule has 0 radical (unpaired) electrons. The van der Waals surface area contributed by atoms with E-state index < -0.39 is 12.1 Å². The van der Waals surface area contributed by atoms with Crippen LogP contribution in [0.15, 0.2) is 30.3 Å². The van der Waals surface area contributed by atoms with Gasteiger partial charge >= 0.3 is 6.03 Å². The first-order valence-corrected chi connectivity index (χ1v) is 7.61. The second kappa shape index (κ2) is 6.17. The topological polar surface area (TPSA) is 78.5 Å². The number of benzene rings is 1. The Morgan fingerprint density at radius 2 is 2.00 bits per heavy atom. The maximum Gasteiger partial charge on any atom is 0.322 e. The standard InChI is InChI=1S/C16H19N3O3/c20-14(9-8-12-15(21)18-16(22)17-12)19-10-4-7-13(19)11-5-2-1-3-6-11/h1-3,5-6,12-13H,4,7-10H2,(H2,17,18,21,22). The number of rotatable bonds is 4. The Morgan fingerprint density at radius 3 is 2.68 bits per heavy atom. The highest BCUT2D eigenvalue weighted by Gasteiger charge is 2.33. The number of imide groups is 1. The number of carbonyl (C=O) groups is 3. The molecule has 1 aromatic rings. The Balaban J connectivity index is 1.60. The van der Waals surface area contributed by atoms with Crippen molar-refractivity contribution in [3.63, 3.8) is 0 Å². The average Bonchev–Trinajstić information content (AvgIpc) is 3.12. The van der Waals surface area contributed by atoms with Gasteiger partial charge in [-0.2, -0.15) is 0 Å². The maximum atomic E-state index is 12.5. The summed E-state index contributed by atoms with van der Waals surface area (Å²) in [5.41, 5.74) is 1.15. The second-order valence-electron chi connectivity index (χ2n) is 5.71. The number of hydrogen-bond donors (Lipinski definition) is 2. The van der Waals surface area contributed by atoms with E-state index in [1.165, 1.54) is 0 Å². The van der Waals surface area contributed by atoms with E-state index in [9.17, 15) is 14.4 Å². The van der Waals surface area contributed by atoms with Crippen LogP contribution in [0.1, 0.15) is 37.3 Å². The molecule has 3 rings (SSSR count). The summed E-state index contributed by atoms with van der Waals surface area (Å²) in [6, 6.07) is 9.07. The van der Waals surface area contributed by atoms with Crippen LogP contribution in [-0.4, -0.2) is 35.3 Å². The molecule has 0 aliphatic carbocycles. The van der Waals surface area contributed by atoms with Crippen molar-refractivity contribution in [2.75, 3.05) is 6.54 Å². The third-order valence-corrected chi connectivity index (χ3v) is 4.26. The molecule has 2 aliphatic heterocycles. The Bertz CT molecular complexity index is 588. The van der Waals surface area contributed by atoms with Crippen LogP contribution in [0.4, 0.5) is 4.79 Å². The summed E-state index contributed by atoms with van der Waals surface area (Å²) in [5.74, 6) is -0.306. The zero-order valence-corrected chi connectivity index (χ0v) is 12.2. The van der Waals surface area contributed by atoms with Gasteiger partial charge < -0.3 is 10.2 Å². The van der Waals surface area contributed by atoms with Gasteiger partial charge in [-0.05, 0) is 24.8 Å². The monoisotopic (exact) mass is 301 g/mol. The zero-order valence-electron chi connectivity index (χ0n) is 12.2. The molecule has 2 saturated heterocycles. The van der Waals surface area contributed by atoms with Crippen LogP contribution < -0.4 is 10.6 Å². The second-order valence-corrected chi connectivity index (χ2v) is 5.71. The first-order valence-electron chi connectivity index (χ1n) is 7.61. The van der Waals surface area contributed by atoms with E-state index in [1.807, 2.05) is 35.2 Å². The minimum Gasteiger partial charge on any atom is -0.336 e. The van der Waals surface area contributed by atoms with Crippen LogP contribution in [0.2, 0.25) is 0 Å². The summed E-state index contributed by atoms with van der Waals surface area (Å²) in [6.07, 6.45) is 2.57. The van der Waals surface area contributed by atoms with Crippen molar-refractivity contribution in [3.05, 3.63) is 35.9 Å². The third-order valence-electron chi connectivity index (χ3n) is 4.26. The minimum atomic E-state index is -0.589. The van der Waals surface area contributed by atoms with Crippen LogP contribution in [0.5, 0.6) is 0 Å². The summed E-state index contributed by atoms with van der Waals surface area (Å²) < 4.78 is 0. The molecule has 116 valence electrons. The molecule has 1 aromatic carbocycles. The number of likely N-dealkylation sites (tertiary alicyclic amines) is 1. The fraction of sp³-hybridized carbons (Fsp3) is 0.438. The van der Waals surface area contributed by atoms with Crippen molar-refractivity contribution in [1.29, 1.82) is 0 Å². The normalized spacial score (nSPS) is 24.3. The van der Waals surface area contributed by atoms with Crippen molar-refractivity contribution in [2.24, 2.45) is 0 Å². The molecular formula is C16H19N3O3. The van der Waals surface area contributed by atoms with Crippen molar-refractivity contribution >= 4 is 17.8 Å². The molecule has 2 heterocycles. The van der Waals surface area contributed by atoms with Gasteiger partial charge in [0.05, 0.1) is 6.04 Å². The van der Waals surface area contributed by atoms with Crippen LogP contribution >= 0.6 is 0 Å². The molecule has 4 amide bonds. The smallest absolute Gasteiger partial charge is 0.322 e. The van der Waals surface area contributed by atoms with Crippen molar-refractivity contribution in [2.45, 2.75) is 37.8 Å². The average molecular weight is 301 g/mol. The summed E-state index contributed by atoms with van der Waals surface area (Å²) >= 11 is 0. The summed E-state index contributed by atoms with van der Waals surface area (Å²) in [5, 5.41) is 4.70. The SMILES string of the molecule is O=C1NC(=O)C(CCC(=O)N2CCCC2c2ccccc2)N1. The van der Waals surface area contributed by atoms with E-state index >= 15 is 0 Å². The molecule has 2 atom stereocenters. The molecule has 2 fully saturated rings. The van der Waals surface area contributed by atoms with Gasteiger partial charge in [0.25, 0.3) is 5.91 Å². The molecule has 0 aromatic heterocycles. The van der Waals surface area contributed by atoms with Gasteiger partial charge in [0, 0.05) is 13.0 Å². The lowest BCUT2D eigenvalue weighted by Gasteiger charge is -2.25. The summed E-state index contributed by atoms with van der Waals surface area (Å²) in [4.78, 5) is 36.9. The molecule has 0 bridgehead atoms. The number of nitrogens with one attached hydrogen (secondary N) is 2. The fourth-order valence-corrected chi connectivity index (χ4v) is 3.16. The van der Waals surface area contributed by atoms with Gasteiger partial charge in [-0.15, -0.1) is 0 Å². The molecule has 0 spiro atoms. The number of amides is 4. The van der Waals surface area contributed by atoms with Crippen molar-refractivity contribution < 1.29 is 14.4 Å². The molecule has 2 aliphatic rings. The first kappa shape index (κ1) is 14.6. The predicted molar refractivity (Wildman–Crippen MR) is 79.8 cm³/mol. The molecule has 2 N–H and O–H groups in total. The molecule has 6 nitrogen and oxygen atoms in total. The lowest BCUT2D eigenvalue weighted by atomic mass is 10.0. The van der Waals surface area contributed by atoms with E-state index in [1.54, 1.807) is 0 Å². The Hall–Kier alpha value is -2.37. The molecule has 0 saturated carbocycles. The van der Waals surface area contributed by atoms with Gasteiger partial charge in [-0.25, -0.2) is 4.79 Å². The lowest BCUT2D eigenvalue weighted by molar-refractivity contribution is -0.132. The summed E-state index contributed by atoms with van der Waals surface area (Å²) in [6.45, 7) is 0.752. The maximum absolute atomic E-state index is 12.5. The zero-order chi connectivity index (χ0) is 15.5. The first-order chi connectivity index (χ1) is 10.6. The lowest BCUT2D eigenvalue weighted by Crippen LogP contribution is -2.34. The molecular weight excluding hydrogens is 282 g/mol. The quantitative estimate of drug-likeness (QED) is 0.824. The highest BCUT2D eigenvalue weighted by molar-refractivity contribution is 6.04. The molecule has 2 unspecified atom stereocenters. The fourth-order valence-electron chi connectivity index (χ4n) is 3.16. The predicted octanol–water partition coefficient (Wildman–Crippen LogP) is 1.34. The largest absolute Gasteiger partial charge is 0.336 e. The number of carbonyl (C=O) groups excluding carboxylic acids is 3. The number of urea groups is 1. The highest BCUT2D eigenvalue weighted by Crippen LogP contribution is 2.32. The summed E-state index contributed by atoms with van der Waals surface area (Å²) in [7, 11) is 0. The van der Waals surface area contributed by atoms with E-state index in [0.29, 0.717) is 6.42 Å². The van der Waals surface area contributed by atoms with E-state index in [0.717, 1.165) is 24.9 Å². The van der Waals surface area contributed by atoms with E-state index in [-0.39, 0.29) is 24.3 Å². The van der Waals surface area contributed by atoms with Crippen LogP contribution in [0.25, 0.3) is 0 Å². The van der Waals surface area contributed by atoms with Crippen LogP contribution in [0, 0.1) is 0 Å². The van der Waals surface area contributed by atoms with Gasteiger partial charge in [-0.1, -0.05) is 30.3 Å². The Kier molecular flexibility index (Phi) is 4.09. The minimum absolute atomic E-state index is 0.0419. The third kappa shape index (κ3) is 2.95. The van der Waals surface area contributed by atoms with Gasteiger partial charge in [-0.3, -0.25) is 14.9 Å². The van der Waals surface area contributed by atoms with Gasteiger partial charge in [0.2, 0.25) is 5.91 Å². The number of hydrogen-bond acceptors (Lipinski definition) is 3.